The molecule has 1 heterocycles. The Balaban J connectivity index is 1.28. The third-order valence-electron chi connectivity index (χ3n) is 7.20. The molecule has 22 heavy (non-hydrogen) atoms. The Kier molecular flexibility index (Phi) is 5.07. The van der Waals surface area contributed by atoms with Crippen LogP contribution >= 0.6 is 0 Å². The minimum Gasteiger partial charge on any atom is -0.374 e. The topological polar surface area (TPSA) is 21.3 Å². The molecule has 5 atom stereocenters. The molecule has 4 rings (SSSR count). The minimum atomic E-state index is 0.598. The highest BCUT2D eigenvalue weighted by Gasteiger charge is 2.48. The summed E-state index contributed by atoms with van der Waals surface area (Å²) in [5, 5.41) is 3.84. The fourth-order valence-electron chi connectivity index (χ4n) is 6.03. The standard InChI is InChI=1S/C20H35NO/c1-2-7-15(8-3-1)13-21-14-16-9-6-11-18-17-10-4-5-12-19(17)22-20(16)18/h15-21H,1-14H2. The van der Waals surface area contributed by atoms with Crippen LogP contribution in [-0.2, 0) is 4.74 Å². The van der Waals surface area contributed by atoms with Crippen LogP contribution in [-0.4, -0.2) is 25.3 Å². The van der Waals surface area contributed by atoms with Crippen molar-refractivity contribution in [3.05, 3.63) is 0 Å². The quantitative estimate of drug-likeness (QED) is 0.824. The van der Waals surface area contributed by atoms with Crippen molar-refractivity contribution < 1.29 is 4.74 Å². The molecule has 126 valence electrons. The molecular weight excluding hydrogens is 270 g/mol. The molecule has 0 bridgehead atoms. The van der Waals surface area contributed by atoms with Crippen LogP contribution in [0.15, 0.2) is 0 Å². The Morgan fingerprint density at radius 3 is 2.36 bits per heavy atom. The summed E-state index contributed by atoms with van der Waals surface area (Å²) >= 11 is 0. The highest BCUT2D eigenvalue weighted by atomic mass is 16.5. The fraction of sp³-hybridized carbons (Fsp3) is 1.00. The van der Waals surface area contributed by atoms with E-state index in [4.69, 9.17) is 4.74 Å². The number of nitrogens with one attached hydrogen (secondary N) is 1. The number of hydrogen-bond acceptors (Lipinski definition) is 2. The van der Waals surface area contributed by atoms with E-state index in [0.717, 1.165) is 23.7 Å². The van der Waals surface area contributed by atoms with E-state index in [2.05, 4.69) is 5.32 Å². The van der Waals surface area contributed by atoms with E-state index in [-0.39, 0.29) is 0 Å². The SMILES string of the molecule is C1CCC(CNCC2CCCC3C4CCCCC4OC23)CC1. The van der Waals surface area contributed by atoms with Crippen molar-refractivity contribution in [3.8, 4) is 0 Å². The lowest BCUT2D eigenvalue weighted by molar-refractivity contribution is -0.0245. The first-order valence-electron chi connectivity index (χ1n) is 10.3. The van der Waals surface area contributed by atoms with E-state index in [1.807, 2.05) is 0 Å². The lowest BCUT2D eigenvalue weighted by Gasteiger charge is -2.35. The Bertz CT molecular complexity index is 352. The first kappa shape index (κ1) is 15.4. The van der Waals surface area contributed by atoms with Gasteiger partial charge in [-0.3, -0.25) is 0 Å². The van der Waals surface area contributed by atoms with Gasteiger partial charge in [-0.1, -0.05) is 38.5 Å². The number of hydrogen-bond donors (Lipinski definition) is 1. The van der Waals surface area contributed by atoms with Crippen LogP contribution in [0.5, 0.6) is 0 Å². The Hall–Kier alpha value is -0.0800. The molecule has 0 radical (unpaired) electrons. The first-order valence-corrected chi connectivity index (χ1v) is 10.3. The van der Waals surface area contributed by atoms with Gasteiger partial charge in [0.25, 0.3) is 0 Å². The molecular formula is C20H35NO. The molecule has 3 saturated carbocycles. The van der Waals surface area contributed by atoms with Crippen molar-refractivity contribution in [1.82, 2.24) is 5.32 Å². The fourth-order valence-corrected chi connectivity index (χ4v) is 6.03. The van der Waals surface area contributed by atoms with Gasteiger partial charge in [-0.2, -0.15) is 0 Å². The van der Waals surface area contributed by atoms with E-state index in [1.165, 1.54) is 90.1 Å². The summed E-state index contributed by atoms with van der Waals surface area (Å²) in [6, 6.07) is 0. The van der Waals surface area contributed by atoms with Crippen molar-refractivity contribution in [2.75, 3.05) is 13.1 Å². The summed E-state index contributed by atoms with van der Waals surface area (Å²) in [4.78, 5) is 0. The second kappa shape index (κ2) is 7.21. The third-order valence-corrected chi connectivity index (χ3v) is 7.20. The summed E-state index contributed by atoms with van der Waals surface area (Å²) in [6.07, 6.45) is 18.5. The van der Waals surface area contributed by atoms with Crippen LogP contribution in [0.4, 0.5) is 0 Å². The summed E-state index contributed by atoms with van der Waals surface area (Å²) in [5.41, 5.74) is 0. The highest BCUT2D eigenvalue weighted by Crippen LogP contribution is 2.49. The largest absolute Gasteiger partial charge is 0.374 e. The van der Waals surface area contributed by atoms with Crippen molar-refractivity contribution >= 4 is 0 Å². The molecule has 1 aliphatic heterocycles. The van der Waals surface area contributed by atoms with Gasteiger partial charge in [0, 0.05) is 6.54 Å². The average molecular weight is 306 g/mol. The van der Waals surface area contributed by atoms with Crippen molar-refractivity contribution in [2.24, 2.45) is 23.7 Å². The number of ether oxygens (including phenoxy) is 1. The van der Waals surface area contributed by atoms with Gasteiger partial charge in [-0.05, 0) is 68.7 Å². The van der Waals surface area contributed by atoms with Gasteiger partial charge in [-0.15, -0.1) is 0 Å². The Morgan fingerprint density at radius 2 is 1.45 bits per heavy atom. The first-order chi connectivity index (χ1) is 10.9. The van der Waals surface area contributed by atoms with Gasteiger partial charge < -0.3 is 10.1 Å². The van der Waals surface area contributed by atoms with Gasteiger partial charge >= 0.3 is 0 Å². The van der Waals surface area contributed by atoms with Crippen LogP contribution in [0.2, 0.25) is 0 Å². The molecule has 2 nitrogen and oxygen atoms in total. The lowest BCUT2D eigenvalue weighted by Crippen LogP contribution is -2.40. The lowest BCUT2D eigenvalue weighted by atomic mass is 9.70. The van der Waals surface area contributed by atoms with Crippen molar-refractivity contribution in [1.29, 1.82) is 0 Å². The van der Waals surface area contributed by atoms with Crippen molar-refractivity contribution in [2.45, 2.75) is 89.3 Å². The molecule has 1 N–H and O–H groups in total. The molecule has 3 aliphatic carbocycles. The third kappa shape index (κ3) is 3.24. The van der Waals surface area contributed by atoms with Gasteiger partial charge in [0.05, 0.1) is 12.2 Å². The molecule has 4 aliphatic rings. The predicted octanol–water partition coefficient (Wildman–Crippen LogP) is 4.53. The zero-order chi connectivity index (χ0) is 14.8. The Morgan fingerprint density at radius 1 is 0.682 bits per heavy atom. The molecule has 0 spiro atoms. The molecule has 1 saturated heterocycles. The van der Waals surface area contributed by atoms with E-state index in [9.17, 15) is 0 Å². The molecule has 0 aromatic carbocycles. The van der Waals surface area contributed by atoms with Crippen LogP contribution in [0.1, 0.15) is 77.0 Å². The number of rotatable bonds is 4. The summed E-state index contributed by atoms with van der Waals surface area (Å²) in [6.45, 7) is 2.48. The van der Waals surface area contributed by atoms with E-state index < -0.39 is 0 Å². The molecule has 0 amide bonds. The monoisotopic (exact) mass is 305 g/mol. The van der Waals surface area contributed by atoms with Gasteiger partial charge in [0.1, 0.15) is 0 Å². The smallest absolute Gasteiger partial charge is 0.0651 e. The zero-order valence-corrected chi connectivity index (χ0v) is 14.3. The maximum absolute atomic E-state index is 6.58. The molecule has 4 fully saturated rings. The van der Waals surface area contributed by atoms with Crippen LogP contribution in [0, 0.1) is 23.7 Å². The molecule has 0 aromatic heterocycles. The maximum Gasteiger partial charge on any atom is 0.0651 e. The summed E-state index contributed by atoms with van der Waals surface area (Å²) < 4.78 is 6.58. The second-order valence-electron chi connectivity index (χ2n) is 8.60. The molecule has 2 heteroatoms. The summed E-state index contributed by atoms with van der Waals surface area (Å²) in [7, 11) is 0. The van der Waals surface area contributed by atoms with E-state index in [0.29, 0.717) is 12.2 Å². The minimum absolute atomic E-state index is 0.598. The van der Waals surface area contributed by atoms with E-state index >= 15 is 0 Å². The normalized spacial score (nSPS) is 42.8. The second-order valence-corrected chi connectivity index (χ2v) is 8.60. The average Bonchev–Trinajstić information content (AvgIpc) is 2.96. The van der Waals surface area contributed by atoms with Gasteiger partial charge in [0.15, 0.2) is 0 Å². The number of fused-ring (bicyclic) bond motifs is 3. The molecule has 5 unspecified atom stereocenters. The van der Waals surface area contributed by atoms with Gasteiger partial charge in [-0.25, -0.2) is 0 Å². The van der Waals surface area contributed by atoms with Gasteiger partial charge in [0.2, 0.25) is 0 Å². The summed E-state index contributed by atoms with van der Waals surface area (Å²) in [5.74, 6) is 3.58. The predicted molar refractivity (Wildman–Crippen MR) is 90.9 cm³/mol. The molecule has 0 aromatic rings. The van der Waals surface area contributed by atoms with E-state index in [1.54, 1.807) is 0 Å². The van der Waals surface area contributed by atoms with Crippen LogP contribution in [0.3, 0.4) is 0 Å². The zero-order valence-electron chi connectivity index (χ0n) is 14.3. The van der Waals surface area contributed by atoms with Crippen LogP contribution < -0.4 is 5.32 Å². The van der Waals surface area contributed by atoms with Crippen LogP contribution in [0.25, 0.3) is 0 Å². The maximum atomic E-state index is 6.58. The highest BCUT2D eigenvalue weighted by molar-refractivity contribution is 4.97. The Labute approximate surface area is 136 Å². The van der Waals surface area contributed by atoms with Crippen molar-refractivity contribution in [3.63, 3.8) is 0 Å².